The number of H-pyrrole nitrogens is 1. The standard InChI is InChI=1S/C11H9BN6/c12-6-1-2-7-8(5-6)15-11(13)17-10(7)16-9-3-4-14-18-9/h1-5H,(H4,13,14,15,16,17,18). The molecule has 0 saturated heterocycles. The second kappa shape index (κ2) is 4.03. The molecule has 1 aromatic carbocycles. The number of nitrogens with zero attached hydrogens (tertiary/aromatic N) is 3. The maximum absolute atomic E-state index is 5.72. The first-order chi connectivity index (χ1) is 8.72. The fraction of sp³-hybridized carbons (Fsp3) is 0. The number of nitrogen functional groups attached to an aromatic ring is 1. The summed E-state index contributed by atoms with van der Waals surface area (Å²) < 4.78 is 0. The van der Waals surface area contributed by atoms with Crippen LogP contribution in [0.3, 0.4) is 0 Å². The molecule has 4 N–H and O–H groups in total. The highest BCUT2D eigenvalue weighted by molar-refractivity contribution is 6.33. The van der Waals surface area contributed by atoms with Crippen molar-refractivity contribution in [3.05, 3.63) is 30.5 Å². The number of hydrogen-bond acceptors (Lipinski definition) is 5. The van der Waals surface area contributed by atoms with E-state index >= 15 is 0 Å². The van der Waals surface area contributed by atoms with Crippen molar-refractivity contribution in [1.82, 2.24) is 20.2 Å². The molecular weight excluding hydrogens is 227 g/mol. The van der Waals surface area contributed by atoms with Crippen molar-refractivity contribution in [1.29, 1.82) is 0 Å². The Morgan fingerprint density at radius 2 is 2.11 bits per heavy atom. The highest BCUT2D eigenvalue weighted by Crippen LogP contribution is 2.22. The van der Waals surface area contributed by atoms with Gasteiger partial charge in [-0.3, -0.25) is 5.10 Å². The molecule has 0 aliphatic carbocycles. The molecule has 6 nitrogen and oxygen atoms in total. The summed E-state index contributed by atoms with van der Waals surface area (Å²) in [6.45, 7) is 0. The largest absolute Gasteiger partial charge is 0.368 e. The van der Waals surface area contributed by atoms with Gasteiger partial charge in [-0.2, -0.15) is 10.1 Å². The first kappa shape index (κ1) is 10.6. The summed E-state index contributed by atoms with van der Waals surface area (Å²) in [5.74, 6) is 1.53. The van der Waals surface area contributed by atoms with E-state index in [9.17, 15) is 0 Å². The van der Waals surface area contributed by atoms with Crippen LogP contribution in [-0.4, -0.2) is 28.0 Å². The zero-order valence-electron chi connectivity index (χ0n) is 9.38. The average molecular weight is 236 g/mol. The summed E-state index contributed by atoms with van der Waals surface area (Å²) in [5.41, 5.74) is 7.01. The monoisotopic (exact) mass is 236 g/mol. The van der Waals surface area contributed by atoms with Crippen molar-refractivity contribution in [2.24, 2.45) is 0 Å². The van der Waals surface area contributed by atoms with Gasteiger partial charge in [-0.25, -0.2) is 4.98 Å². The Balaban J connectivity index is 2.15. The van der Waals surface area contributed by atoms with Gasteiger partial charge in [-0.1, -0.05) is 11.5 Å². The Hall–Kier alpha value is -2.57. The molecule has 2 heterocycles. The minimum Gasteiger partial charge on any atom is -0.368 e. The Labute approximate surface area is 104 Å². The minimum atomic E-state index is 0.190. The third-order valence-corrected chi connectivity index (χ3v) is 2.49. The lowest BCUT2D eigenvalue weighted by molar-refractivity contribution is 1.09. The number of aromatic amines is 1. The maximum atomic E-state index is 5.72. The van der Waals surface area contributed by atoms with Crippen LogP contribution in [0.4, 0.5) is 17.6 Å². The molecule has 0 saturated carbocycles. The van der Waals surface area contributed by atoms with Gasteiger partial charge in [0.1, 0.15) is 19.5 Å². The van der Waals surface area contributed by atoms with Crippen molar-refractivity contribution in [3.63, 3.8) is 0 Å². The number of rotatable bonds is 2. The fourth-order valence-electron chi connectivity index (χ4n) is 1.71. The molecule has 0 aliphatic heterocycles. The molecule has 0 amide bonds. The molecule has 0 unspecified atom stereocenters. The molecule has 2 radical (unpaired) electrons. The molecule has 0 aliphatic rings. The predicted octanol–water partition coefficient (Wildman–Crippen LogP) is 0.473. The van der Waals surface area contributed by atoms with Gasteiger partial charge in [-0.15, -0.1) is 0 Å². The van der Waals surface area contributed by atoms with Crippen molar-refractivity contribution in [2.75, 3.05) is 11.1 Å². The van der Waals surface area contributed by atoms with Gasteiger partial charge >= 0.3 is 0 Å². The molecule has 3 rings (SSSR count). The van der Waals surface area contributed by atoms with Crippen molar-refractivity contribution in [3.8, 4) is 0 Å². The van der Waals surface area contributed by atoms with Crippen molar-refractivity contribution >= 4 is 41.8 Å². The van der Waals surface area contributed by atoms with E-state index < -0.39 is 0 Å². The molecular formula is C11H9BN6. The van der Waals surface area contributed by atoms with Crippen LogP contribution in [0, 0.1) is 0 Å². The van der Waals surface area contributed by atoms with Crippen molar-refractivity contribution < 1.29 is 0 Å². The number of benzene rings is 1. The van der Waals surface area contributed by atoms with Gasteiger partial charge in [-0.05, 0) is 12.1 Å². The summed E-state index contributed by atoms with van der Waals surface area (Å²) in [4.78, 5) is 8.32. The SMILES string of the molecule is [B]c1ccc2c(Nc3ccn[nH]3)nc(N)nc2c1. The number of anilines is 3. The molecule has 0 fully saturated rings. The molecule has 7 heteroatoms. The van der Waals surface area contributed by atoms with Gasteiger partial charge < -0.3 is 11.1 Å². The number of nitrogens with one attached hydrogen (secondary N) is 2. The fourth-order valence-corrected chi connectivity index (χ4v) is 1.71. The van der Waals surface area contributed by atoms with E-state index in [1.165, 1.54) is 0 Å². The maximum Gasteiger partial charge on any atom is 0.222 e. The molecule has 0 spiro atoms. The summed E-state index contributed by atoms with van der Waals surface area (Å²) >= 11 is 0. The van der Waals surface area contributed by atoms with Crippen LogP contribution in [0.1, 0.15) is 0 Å². The van der Waals surface area contributed by atoms with E-state index in [1.807, 2.05) is 6.07 Å². The van der Waals surface area contributed by atoms with Gasteiger partial charge in [0.15, 0.2) is 0 Å². The van der Waals surface area contributed by atoms with Crippen LogP contribution < -0.4 is 16.5 Å². The summed E-state index contributed by atoms with van der Waals surface area (Å²) in [7, 11) is 5.72. The highest BCUT2D eigenvalue weighted by atomic mass is 15.2. The van der Waals surface area contributed by atoms with E-state index in [2.05, 4.69) is 25.5 Å². The molecule has 0 atom stereocenters. The van der Waals surface area contributed by atoms with Crippen LogP contribution in [-0.2, 0) is 0 Å². The molecule has 0 bridgehead atoms. The minimum absolute atomic E-state index is 0.190. The van der Waals surface area contributed by atoms with E-state index in [0.717, 1.165) is 11.2 Å². The molecule has 18 heavy (non-hydrogen) atoms. The number of hydrogen-bond donors (Lipinski definition) is 3. The summed E-state index contributed by atoms with van der Waals surface area (Å²) in [6.07, 6.45) is 1.65. The lowest BCUT2D eigenvalue weighted by Gasteiger charge is -2.08. The first-order valence-corrected chi connectivity index (χ1v) is 5.31. The quantitative estimate of drug-likeness (QED) is 0.562. The Morgan fingerprint density at radius 3 is 2.89 bits per heavy atom. The molecule has 86 valence electrons. The van der Waals surface area contributed by atoms with Crippen LogP contribution in [0.15, 0.2) is 30.5 Å². The lowest BCUT2D eigenvalue weighted by Crippen LogP contribution is -2.05. The van der Waals surface area contributed by atoms with Crippen LogP contribution >= 0.6 is 0 Å². The highest BCUT2D eigenvalue weighted by Gasteiger charge is 2.07. The van der Waals surface area contributed by atoms with E-state index in [4.69, 9.17) is 13.6 Å². The van der Waals surface area contributed by atoms with E-state index in [1.54, 1.807) is 24.4 Å². The Morgan fingerprint density at radius 1 is 1.22 bits per heavy atom. The predicted molar refractivity (Wildman–Crippen MR) is 71.2 cm³/mol. The number of aromatic nitrogens is 4. The van der Waals surface area contributed by atoms with Gasteiger partial charge in [0.2, 0.25) is 5.95 Å². The van der Waals surface area contributed by atoms with Gasteiger partial charge in [0, 0.05) is 11.5 Å². The number of fused-ring (bicyclic) bond motifs is 1. The van der Waals surface area contributed by atoms with E-state index in [-0.39, 0.29) is 5.95 Å². The topological polar surface area (TPSA) is 92.5 Å². The van der Waals surface area contributed by atoms with Crippen LogP contribution in [0.25, 0.3) is 10.9 Å². The Kier molecular flexibility index (Phi) is 2.37. The molecule has 2 aromatic heterocycles. The zero-order chi connectivity index (χ0) is 12.5. The number of nitrogens with two attached hydrogens (primary N) is 1. The average Bonchev–Trinajstić information content (AvgIpc) is 2.80. The molecule has 3 aromatic rings. The normalized spacial score (nSPS) is 10.7. The van der Waals surface area contributed by atoms with Crippen LogP contribution in [0.2, 0.25) is 0 Å². The third-order valence-electron chi connectivity index (χ3n) is 2.49. The van der Waals surface area contributed by atoms with Crippen molar-refractivity contribution in [2.45, 2.75) is 0 Å². The van der Waals surface area contributed by atoms with E-state index in [0.29, 0.717) is 16.8 Å². The summed E-state index contributed by atoms with van der Waals surface area (Å²) in [6, 6.07) is 7.19. The summed E-state index contributed by atoms with van der Waals surface area (Å²) in [5, 5.41) is 10.6. The smallest absolute Gasteiger partial charge is 0.222 e. The Bertz CT molecular complexity index is 689. The second-order valence-electron chi connectivity index (χ2n) is 3.80. The third kappa shape index (κ3) is 1.86. The lowest BCUT2D eigenvalue weighted by atomic mass is 9.95. The van der Waals surface area contributed by atoms with Gasteiger partial charge in [0.05, 0.1) is 11.7 Å². The first-order valence-electron chi connectivity index (χ1n) is 5.31. The van der Waals surface area contributed by atoms with Crippen LogP contribution in [0.5, 0.6) is 0 Å². The van der Waals surface area contributed by atoms with Gasteiger partial charge in [0.25, 0.3) is 0 Å². The second-order valence-corrected chi connectivity index (χ2v) is 3.80. The zero-order valence-corrected chi connectivity index (χ0v) is 9.38.